The first-order chi connectivity index (χ1) is 9.10. The number of carboxylic acid groups (broad SMARTS) is 1. The summed E-state index contributed by atoms with van der Waals surface area (Å²) in [5, 5.41) is 11.8. The van der Waals surface area contributed by atoms with Gasteiger partial charge in [0.25, 0.3) is 0 Å². The Kier molecular flexibility index (Phi) is 6.80. The Bertz CT molecular complexity index is 299. The minimum Gasteiger partial charge on any atom is -0.480 e. The van der Waals surface area contributed by atoms with Crippen molar-refractivity contribution in [1.29, 1.82) is 0 Å². The molecule has 0 saturated carbocycles. The summed E-state index contributed by atoms with van der Waals surface area (Å²) in [6.45, 7) is 3.24. The zero-order chi connectivity index (χ0) is 14.1. The van der Waals surface area contributed by atoms with Crippen molar-refractivity contribution in [3.63, 3.8) is 0 Å². The van der Waals surface area contributed by atoms with Crippen molar-refractivity contribution < 1.29 is 24.2 Å². The van der Waals surface area contributed by atoms with Gasteiger partial charge in [-0.1, -0.05) is 19.8 Å². The molecule has 6 heteroatoms. The van der Waals surface area contributed by atoms with Crippen LogP contribution in [0.25, 0.3) is 0 Å². The average molecular weight is 273 g/mol. The van der Waals surface area contributed by atoms with Crippen molar-refractivity contribution in [2.24, 2.45) is 0 Å². The molecule has 6 nitrogen and oxygen atoms in total. The predicted molar refractivity (Wildman–Crippen MR) is 68.9 cm³/mol. The molecule has 0 aromatic heterocycles. The first-order valence-corrected chi connectivity index (χ1v) is 6.80. The normalized spacial score (nSPS) is 17.9. The molecule has 19 heavy (non-hydrogen) atoms. The van der Waals surface area contributed by atoms with Crippen LogP contribution < -0.4 is 5.32 Å². The highest BCUT2D eigenvalue weighted by Crippen LogP contribution is 2.20. The van der Waals surface area contributed by atoms with Crippen LogP contribution in [-0.2, 0) is 19.1 Å². The Morgan fingerprint density at radius 2 is 2.00 bits per heavy atom. The third kappa shape index (κ3) is 5.16. The van der Waals surface area contributed by atoms with Crippen molar-refractivity contribution in [2.75, 3.05) is 26.4 Å². The second kappa shape index (κ2) is 8.12. The third-order valence-electron chi connectivity index (χ3n) is 3.26. The number of rotatable bonds is 8. The summed E-state index contributed by atoms with van der Waals surface area (Å²) in [5.41, 5.74) is -1.19. The number of unbranched alkanes of at least 4 members (excludes halogenated alkanes) is 2. The van der Waals surface area contributed by atoms with Crippen LogP contribution in [0.4, 0.5) is 0 Å². The van der Waals surface area contributed by atoms with Gasteiger partial charge in [-0.05, 0) is 6.42 Å². The zero-order valence-electron chi connectivity index (χ0n) is 11.4. The lowest BCUT2D eigenvalue weighted by atomic mass is 9.90. The monoisotopic (exact) mass is 273 g/mol. The molecule has 0 aromatic rings. The highest BCUT2D eigenvalue weighted by atomic mass is 16.5. The predicted octanol–water partition coefficient (Wildman–Crippen LogP) is 0.943. The highest BCUT2D eigenvalue weighted by Gasteiger charge is 2.41. The van der Waals surface area contributed by atoms with E-state index in [0.29, 0.717) is 32.7 Å². The lowest BCUT2D eigenvalue weighted by molar-refractivity contribution is -0.152. The molecule has 1 fully saturated rings. The van der Waals surface area contributed by atoms with Crippen LogP contribution >= 0.6 is 0 Å². The van der Waals surface area contributed by atoms with Crippen molar-refractivity contribution in [3.05, 3.63) is 0 Å². The SMILES string of the molecule is CCCCCOCC(=O)NC1(C(=O)O)CCOCC1. The molecule has 110 valence electrons. The maximum atomic E-state index is 11.7. The highest BCUT2D eigenvalue weighted by molar-refractivity contribution is 5.87. The van der Waals surface area contributed by atoms with E-state index in [1.54, 1.807) is 0 Å². The Morgan fingerprint density at radius 3 is 2.58 bits per heavy atom. The molecule has 1 rings (SSSR count). The van der Waals surface area contributed by atoms with E-state index in [-0.39, 0.29) is 12.5 Å². The zero-order valence-corrected chi connectivity index (χ0v) is 11.4. The molecule has 0 atom stereocenters. The molecule has 1 aliphatic rings. The van der Waals surface area contributed by atoms with Gasteiger partial charge in [0, 0.05) is 32.7 Å². The van der Waals surface area contributed by atoms with Crippen LogP contribution in [0.3, 0.4) is 0 Å². The number of carbonyl (C=O) groups is 2. The van der Waals surface area contributed by atoms with Crippen LogP contribution in [0.1, 0.15) is 39.0 Å². The van der Waals surface area contributed by atoms with E-state index < -0.39 is 11.5 Å². The Balaban J connectivity index is 2.33. The van der Waals surface area contributed by atoms with Gasteiger partial charge in [-0.15, -0.1) is 0 Å². The Morgan fingerprint density at radius 1 is 1.32 bits per heavy atom. The largest absolute Gasteiger partial charge is 0.480 e. The summed E-state index contributed by atoms with van der Waals surface area (Å²) in [5.74, 6) is -1.38. The summed E-state index contributed by atoms with van der Waals surface area (Å²) in [6, 6.07) is 0. The van der Waals surface area contributed by atoms with Gasteiger partial charge < -0.3 is 19.9 Å². The van der Waals surface area contributed by atoms with Gasteiger partial charge in [-0.3, -0.25) is 4.79 Å². The number of hydrogen-bond donors (Lipinski definition) is 2. The second-order valence-corrected chi connectivity index (χ2v) is 4.81. The second-order valence-electron chi connectivity index (χ2n) is 4.81. The molecule has 1 amide bonds. The minimum atomic E-state index is -1.19. The topological polar surface area (TPSA) is 84.9 Å². The summed E-state index contributed by atoms with van der Waals surface area (Å²) in [6.07, 6.45) is 3.67. The number of carbonyl (C=O) groups excluding carboxylic acids is 1. The third-order valence-corrected chi connectivity index (χ3v) is 3.26. The fourth-order valence-corrected chi connectivity index (χ4v) is 2.03. The summed E-state index contributed by atoms with van der Waals surface area (Å²) in [7, 11) is 0. The van der Waals surface area contributed by atoms with E-state index in [0.717, 1.165) is 19.3 Å². The molecule has 0 aromatic carbocycles. The standard InChI is InChI=1S/C13H23NO5/c1-2-3-4-7-19-10-11(15)14-13(12(16)17)5-8-18-9-6-13/h2-10H2,1H3,(H,14,15)(H,16,17). The molecule has 0 radical (unpaired) electrons. The smallest absolute Gasteiger partial charge is 0.329 e. The molecule has 1 aliphatic heterocycles. The number of nitrogens with one attached hydrogen (secondary N) is 1. The van der Waals surface area contributed by atoms with Crippen LogP contribution in [-0.4, -0.2) is 48.9 Å². The molecular weight excluding hydrogens is 250 g/mol. The first-order valence-electron chi connectivity index (χ1n) is 6.80. The van der Waals surface area contributed by atoms with Crippen LogP contribution in [0, 0.1) is 0 Å². The van der Waals surface area contributed by atoms with E-state index in [1.165, 1.54) is 0 Å². The number of hydrogen-bond acceptors (Lipinski definition) is 4. The molecular formula is C13H23NO5. The maximum Gasteiger partial charge on any atom is 0.329 e. The lowest BCUT2D eigenvalue weighted by Crippen LogP contribution is -2.58. The van der Waals surface area contributed by atoms with Gasteiger partial charge in [0.15, 0.2) is 0 Å². The molecule has 0 spiro atoms. The van der Waals surface area contributed by atoms with E-state index in [2.05, 4.69) is 12.2 Å². The van der Waals surface area contributed by atoms with E-state index in [9.17, 15) is 14.7 Å². The van der Waals surface area contributed by atoms with Crippen molar-refractivity contribution >= 4 is 11.9 Å². The molecule has 1 heterocycles. The molecule has 2 N–H and O–H groups in total. The summed E-state index contributed by atoms with van der Waals surface area (Å²) in [4.78, 5) is 23.0. The fraction of sp³-hybridized carbons (Fsp3) is 0.846. The Labute approximate surface area is 113 Å². The van der Waals surface area contributed by atoms with Crippen LogP contribution in [0.15, 0.2) is 0 Å². The van der Waals surface area contributed by atoms with Gasteiger partial charge in [-0.25, -0.2) is 4.79 Å². The Hall–Kier alpha value is -1.14. The van der Waals surface area contributed by atoms with Gasteiger partial charge in [0.1, 0.15) is 12.1 Å². The molecule has 0 aliphatic carbocycles. The van der Waals surface area contributed by atoms with Crippen molar-refractivity contribution in [2.45, 2.75) is 44.6 Å². The van der Waals surface area contributed by atoms with Gasteiger partial charge >= 0.3 is 5.97 Å². The fourth-order valence-electron chi connectivity index (χ4n) is 2.03. The number of ether oxygens (including phenoxy) is 2. The van der Waals surface area contributed by atoms with Gasteiger partial charge in [-0.2, -0.15) is 0 Å². The first kappa shape index (κ1) is 15.9. The van der Waals surface area contributed by atoms with Crippen LogP contribution in [0.5, 0.6) is 0 Å². The maximum absolute atomic E-state index is 11.7. The minimum absolute atomic E-state index is 0.0837. The summed E-state index contributed by atoms with van der Waals surface area (Å²) < 4.78 is 10.4. The molecule has 1 saturated heterocycles. The molecule has 0 bridgehead atoms. The van der Waals surface area contributed by atoms with Crippen molar-refractivity contribution in [3.8, 4) is 0 Å². The quantitative estimate of drug-likeness (QED) is 0.643. The summed E-state index contributed by atoms with van der Waals surface area (Å²) >= 11 is 0. The van der Waals surface area contributed by atoms with Gasteiger partial charge in [0.2, 0.25) is 5.91 Å². The number of carboxylic acids is 1. The van der Waals surface area contributed by atoms with E-state index >= 15 is 0 Å². The average Bonchev–Trinajstić information content (AvgIpc) is 2.39. The number of aliphatic carboxylic acids is 1. The van der Waals surface area contributed by atoms with Gasteiger partial charge in [0.05, 0.1) is 0 Å². The number of amides is 1. The lowest BCUT2D eigenvalue weighted by Gasteiger charge is -2.33. The van der Waals surface area contributed by atoms with E-state index in [1.807, 2.05) is 0 Å². The van der Waals surface area contributed by atoms with Crippen LogP contribution in [0.2, 0.25) is 0 Å². The van der Waals surface area contributed by atoms with E-state index in [4.69, 9.17) is 9.47 Å². The van der Waals surface area contributed by atoms with Crippen molar-refractivity contribution in [1.82, 2.24) is 5.32 Å². The molecule has 0 unspecified atom stereocenters.